The van der Waals surface area contributed by atoms with Gasteiger partial charge in [0.05, 0.1) is 0 Å². The molecule has 1 aliphatic carbocycles. The third-order valence-electron chi connectivity index (χ3n) is 4.03. The Bertz CT molecular complexity index is 407. The highest BCUT2D eigenvalue weighted by molar-refractivity contribution is 9.08. The third-order valence-corrected chi connectivity index (χ3v) is 4.87. The maximum Gasteiger partial charge on any atom is 0.0426 e. The standard InChI is InChI=1S/C15H21BrClN/c1-11-4-3-5-14(8-11)18(2)15-9-13(17)7-6-12(15)10-16/h6-7,9,11,14H,3-5,8,10H2,1-2H3. The van der Waals surface area contributed by atoms with Crippen molar-refractivity contribution < 1.29 is 0 Å². The topological polar surface area (TPSA) is 3.24 Å². The van der Waals surface area contributed by atoms with E-state index in [-0.39, 0.29) is 0 Å². The Labute approximate surface area is 124 Å². The molecule has 0 spiro atoms. The highest BCUT2D eigenvalue weighted by Gasteiger charge is 2.23. The molecule has 2 unspecified atom stereocenters. The van der Waals surface area contributed by atoms with Crippen LogP contribution in [0, 0.1) is 5.92 Å². The SMILES string of the molecule is CC1CCCC(N(C)c2cc(Cl)ccc2CBr)C1. The van der Waals surface area contributed by atoms with E-state index in [0.29, 0.717) is 6.04 Å². The lowest BCUT2D eigenvalue weighted by atomic mass is 9.86. The summed E-state index contributed by atoms with van der Waals surface area (Å²) in [4.78, 5) is 2.43. The molecule has 1 nitrogen and oxygen atoms in total. The number of nitrogens with zero attached hydrogens (tertiary/aromatic N) is 1. The van der Waals surface area contributed by atoms with Gasteiger partial charge in [-0.15, -0.1) is 0 Å². The Hall–Kier alpha value is -0.210. The van der Waals surface area contributed by atoms with E-state index in [4.69, 9.17) is 11.6 Å². The Morgan fingerprint density at radius 3 is 2.83 bits per heavy atom. The first-order valence-electron chi connectivity index (χ1n) is 6.69. The minimum atomic E-state index is 0.657. The summed E-state index contributed by atoms with van der Waals surface area (Å²) < 4.78 is 0. The van der Waals surface area contributed by atoms with Gasteiger partial charge in [-0.25, -0.2) is 0 Å². The van der Waals surface area contributed by atoms with E-state index in [9.17, 15) is 0 Å². The van der Waals surface area contributed by atoms with Crippen LogP contribution in [0.4, 0.5) is 5.69 Å². The second-order valence-electron chi connectivity index (χ2n) is 5.44. The number of benzene rings is 1. The largest absolute Gasteiger partial charge is 0.371 e. The number of hydrogen-bond donors (Lipinski definition) is 0. The molecule has 0 saturated heterocycles. The van der Waals surface area contributed by atoms with E-state index in [1.807, 2.05) is 6.07 Å². The quantitative estimate of drug-likeness (QED) is 0.684. The molecular formula is C15H21BrClN. The van der Waals surface area contributed by atoms with Crippen LogP contribution in [0.5, 0.6) is 0 Å². The highest BCUT2D eigenvalue weighted by atomic mass is 79.9. The van der Waals surface area contributed by atoms with Crippen LogP contribution in [-0.2, 0) is 5.33 Å². The zero-order valence-electron chi connectivity index (χ0n) is 11.1. The first-order valence-corrected chi connectivity index (χ1v) is 8.19. The van der Waals surface area contributed by atoms with Crippen LogP contribution in [0.15, 0.2) is 18.2 Å². The van der Waals surface area contributed by atoms with Gasteiger partial charge in [-0.2, -0.15) is 0 Å². The summed E-state index contributed by atoms with van der Waals surface area (Å²) in [7, 11) is 2.21. The number of halogens is 2. The van der Waals surface area contributed by atoms with Crippen LogP contribution in [0.25, 0.3) is 0 Å². The van der Waals surface area contributed by atoms with E-state index >= 15 is 0 Å². The molecule has 2 atom stereocenters. The summed E-state index contributed by atoms with van der Waals surface area (Å²) in [5.41, 5.74) is 2.60. The molecule has 1 aliphatic rings. The van der Waals surface area contributed by atoms with Gasteiger partial charge in [0, 0.05) is 29.1 Å². The Balaban J connectivity index is 2.21. The van der Waals surface area contributed by atoms with E-state index in [1.165, 1.54) is 36.9 Å². The minimum absolute atomic E-state index is 0.657. The van der Waals surface area contributed by atoms with Crippen molar-refractivity contribution in [1.82, 2.24) is 0 Å². The summed E-state index contributed by atoms with van der Waals surface area (Å²) in [6.07, 6.45) is 5.32. The fraction of sp³-hybridized carbons (Fsp3) is 0.600. The van der Waals surface area contributed by atoms with E-state index < -0.39 is 0 Å². The van der Waals surface area contributed by atoms with Crippen LogP contribution in [0.2, 0.25) is 5.02 Å². The molecule has 2 rings (SSSR count). The number of hydrogen-bond acceptors (Lipinski definition) is 1. The number of anilines is 1. The second kappa shape index (κ2) is 6.29. The smallest absolute Gasteiger partial charge is 0.0426 e. The average molecular weight is 331 g/mol. The molecule has 1 aromatic carbocycles. The summed E-state index contributed by atoms with van der Waals surface area (Å²) in [5.74, 6) is 0.845. The van der Waals surface area contributed by atoms with E-state index in [2.05, 4.69) is 46.9 Å². The lowest BCUT2D eigenvalue weighted by molar-refractivity contribution is 0.336. The van der Waals surface area contributed by atoms with Gasteiger partial charge >= 0.3 is 0 Å². The molecule has 0 N–H and O–H groups in total. The molecule has 0 aliphatic heterocycles. The maximum atomic E-state index is 6.14. The second-order valence-corrected chi connectivity index (χ2v) is 6.44. The Morgan fingerprint density at radius 2 is 2.17 bits per heavy atom. The van der Waals surface area contributed by atoms with Crippen LogP contribution in [0.3, 0.4) is 0 Å². The molecule has 0 aromatic heterocycles. The molecule has 18 heavy (non-hydrogen) atoms. The zero-order chi connectivity index (χ0) is 13.1. The zero-order valence-corrected chi connectivity index (χ0v) is 13.5. The molecule has 0 heterocycles. The van der Waals surface area contributed by atoms with Gasteiger partial charge in [0.15, 0.2) is 0 Å². The first-order chi connectivity index (χ1) is 8.61. The number of rotatable bonds is 3. The average Bonchev–Trinajstić information content (AvgIpc) is 2.38. The van der Waals surface area contributed by atoms with Crippen molar-refractivity contribution in [3.05, 3.63) is 28.8 Å². The number of alkyl halides is 1. The van der Waals surface area contributed by atoms with Crippen LogP contribution < -0.4 is 4.90 Å². The summed E-state index contributed by atoms with van der Waals surface area (Å²) >= 11 is 9.71. The van der Waals surface area contributed by atoms with Gasteiger partial charge in [-0.3, -0.25) is 0 Å². The lowest BCUT2D eigenvalue weighted by Gasteiger charge is -2.36. The molecule has 100 valence electrons. The molecule has 1 fully saturated rings. The summed E-state index contributed by atoms with van der Waals surface area (Å²) in [5, 5.41) is 1.71. The van der Waals surface area contributed by atoms with Gasteiger partial charge in [-0.1, -0.05) is 53.4 Å². The predicted molar refractivity (Wildman–Crippen MR) is 83.9 cm³/mol. The summed E-state index contributed by atoms with van der Waals surface area (Å²) in [6.45, 7) is 2.36. The van der Waals surface area contributed by atoms with Gasteiger partial charge in [0.2, 0.25) is 0 Å². The van der Waals surface area contributed by atoms with Crippen molar-refractivity contribution in [3.63, 3.8) is 0 Å². The van der Waals surface area contributed by atoms with Gasteiger partial charge in [0.1, 0.15) is 0 Å². The van der Waals surface area contributed by atoms with Crippen molar-refractivity contribution in [1.29, 1.82) is 0 Å². The molecule has 1 aromatic rings. The Kier molecular flexibility index (Phi) is 4.97. The molecule has 0 radical (unpaired) electrons. The molecule has 0 bridgehead atoms. The van der Waals surface area contributed by atoms with Crippen molar-refractivity contribution in [2.45, 2.75) is 44.0 Å². The van der Waals surface area contributed by atoms with Gasteiger partial charge in [-0.05, 0) is 36.5 Å². The van der Waals surface area contributed by atoms with Crippen LogP contribution in [-0.4, -0.2) is 13.1 Å². The van der Waals surface area contributed by atoms with Crippen LogP contribution in [0.1, 0.15) is 38.2 Å². The first kappa shape index (κ1) is 14.2. The monoisotopic (exact) mass is 329 g/mol. The molecular weight excluding hydrogens is 310 g/mol. The Morgan fingerprint density at radius 1 is 1.39 bits per heavy atom. The van der Waals surface area contributed by atoms with E-state index in [0.717, 1.165) is 16.3 Å². The van der Waals surface area contributed by atoms with Crippen molar-refractivity contribution in [3.8, 4) is 0 Å². The van der Waals surface area contributed by atoms with E-state index in [1.54, 1.807) is 0 Å². The van der Waals surface area contributed by atoms with Crippen LogP contribution >= 0.6 is 27.5 Å². The van der Waals surface area contributed by atoms with Crippen molar-refractivity contribution in [2.24, 2.45) is 5.92 Å². The van der Waals surface area contributed by atoms with Gasteiger partial charge < -0.3 is 4.90 Å². The minimum Gasteiger partial charge on any atom is -0.371 e. The fourth-order valence-corrected chi connectivity index (χ4v) is 3.57. The van der Waals surface area contributed by atoms with Gasteiger partial charge in [0.25, 0.3) is 0 Å². The normalized spacial score (nSPS) is 24.0. The predicted octanol–water partition coefficient (Wildman–Crippen LogP) is 5.25. The van der Waals surface area contributed by atoms with Crippen molar-refractivity contribution >= 4 is 33.2 Å². The molecule has 3 heteroatoms. The van der Waals surface area contributed by atoms with Crippen molar-refractivity contribution in [2.75, 3.05) is 11.9 Å². The summed E-state index contributed by atoms with van der Waals surface area (Å²) in [6, 6.07) is 6.84. The fourth-order valence-electron chi connectivity index (χ4n) is 2.93. The molecule has 1 saturated carbocycles. The molecule has 0 amide bonds. The maximum absolute atomic E-state index is 6.14. The lowest BCUT2D eigenvalue weighted by Crippen LogP contribution is -2.36. The third kappa shape index (κ3) is 3.21. The highest BCUT2D eigenvalue weighted by Crippen LogP contribution is 2.33.